The van der Waals surface area contributed by atoms with E-state index >= 15 is 0 Å². The number of amidine groups is 1. The Balaban J connectivity index is 1.56. The molecule has 0 aliphatic carbocycles. The first-order valence-electron chi connectivity index (χ1n) is 9.16. The molecule has 0 saturated carbocycles. The van der Waals surface area contributed by atoms with Gasteiger partial charge in [-0.05, 0) is 54.8 Å². The van der Waals surface area contributed by atoms with Crippen LogP contribution in [-0.2, 0) is 25.4 Å². The Morgan fingerprint density at radius 2 is 1.96 bits per heavy atom. The van der Waals surface area contributed by atoms with E-state index in [0.29, 0.717) is 5.17 Å². The topological polar surface area (TPSA) is 43.3 Å². The number of aliphatic imine (C=N–C) groups is 1. The highest BCUT2D eigenvalue weighted by Gasteiger charge is 2.29. The van der Waals surface area contributed by atoms with Gasteiger partial charge in [-0.3, -0.25) is 4.99 Å². The molecule has 1 aliphatic rings. The van der Waals surface area contributed by atoms with Crippen LogP contribution < -0.4 is 5.73 Å². The monoisotopic (exact) mass is 363 g/mol. The van der Waals surface area contributed by atoms with Gasteiger partial charge in [-0.15, -0.1) is 0 Å². The maximum Gasteiger partial charge on any atom is 0.154 e. The molecule has 1 unspecified atom stereocenters. The number of hydrogen-bond acceptors (Lipinski definition) is 3. The van der Waals surface area contributed by atoms with Gasteiger partial charge in [0, 0.05) is 24.0 Å². The van der Waals surface area contributed by atoms with Crippen LogP contribution in [0.25, 0.3) is 10.9 Å². The largest absolute Gasteiger partial charge is 0.379 e. The number of fused-ring (bicyclic) bond motifs is 1. The molecule has 1 aromatic heterocycles. The van der Waals surface area contributed by atoms with E-state index in [2.05, 4.69) is 73.1 Å². The number of benzene rings is 2. The molecule has 1 atom stereocenters. The van der Waals surface area contributed by atoms with Gasteiger partial charge in [-0.1, -0.05) is 54.2 Å². The van der Waals surface area contributed by atoms with E-state index in [1.807, 2.05) is 0 Å². The normalized spacial score (nSPS) is 20.3. The third-order valence-corrected chi connectivity index (χ3v) is 6.26. The zero-order valence-electron chi connectivity index (χ0n) is 15.4. The lowest BCUT2D eigenvalue weighted by Gasteiger charge is -2.30. The van der Waals surface area contributed by atoms with E-state index < -0.39 is 0 Å². The molecule has 2 aromatic carbocycles. The summed E-state index contributed by atoms with van der Waals surface area (Å²) < 4.78 is 2.31. The molecule has 3 aromatic rings. The summed E-state index contributed by atoms with van der Waals surface area (Å²) in [7, 11) is 2.16. The van der Waals surface area contributed by atoms with Crippen molar-refractivity contribution in [2.75, 3.05) is 5.75 Å². The molecular weight excluding hydrogens is 338 g/mol. The summed E-state index contributed by atoms with van der Waals surface area (Å²) in [6.07, 6.45) is 3.10. The first-order chi connectivity index (χ1) is 12.5. The number of rotatable bonds is 4. The van der Waals surface area contributed by atoms with Gasteiger partial charge in [0.1, 0.15) is 0 Å². The fraction of sp³-hybridized carbons (Fsp3) is 0.318. The zero-order chi connectivity index (χ0) is 18.1. The summed E-state index contributed by atoms with van der Waals surface area (Å²) in [5, 5.41) is 2.02. The molecule has 2 N–H and O–H groups in total. The van der Waals surface area contributed by atoms with Crippen molar-refractivity contribution in [3.05, 3.63) is 71.4 Å². The van der Waals surface area contributed by atoms with E-state index in [9.17, 15) is 0 Å². The number of nitrogens with zero attached hydrogens (tertiary/aromatic N) is 2. The number of hydrogen-bond donors (Lipinski definition) is 1. The van der Waals surface area contributed by atoms with Crippen molar-refractivity contribution >= 4 is 27.8 Å². The van der Waals surface area contributed by atoms with Crippen LogP contribution in [-0.4, -0.2) is 15.5 Å². The van der Waals surface area contributed by atoms with Crippen molar-refractivity contribution in [2.45, 2.75) is 31.7 Å². The number of thioether (sulfide) groups is 1. The summed E-state index contributed by atoms with van der Waals surface area (Å²) in [6.45, 7) is 2.20. The van der Waals surface area contributed by atoms with E-state index in [0.717, 1.165) is 25.0 Å². The molecule has 4 heteroatoms. The van der Waals surface area contributed by atoms with Crippen molar-refractivity contribution in [1.82, 2.24) is 4.57 Å². The summed E-state index contributed by atoms with van der Waals surface area (Å²) in [5.74, 6) is 1.03. The van der Waals surface area contributed by atoms with Crippen LogP contribution in [0.15, 0.2) is 59.6 Å². The first-order valence-corrected chi connectivity index (χ1v) is 10.1. The molecule has 0 spiro atoms. The Hall–Kier alpha value is -2.20. The second-order valence-electron chi connectivity index (χ2n) is 7.28. The molecule has 0 amide bonds. The van der Waals surface area contributed by atoms with Crippen LogP contribution in [0, 0.1) is 0 Å². The average Bonchev–Trinajstić information content (AvgIpc) is 2.96. The molecule has 3 nitrogen and oxygen atoms in total. The van der Waals surface area contributed by atoms with Crippen LogP contribution in [0.4, 0.5) is 0 Å². The maximum atomic E-state index is 5.98. The molecule has 26 heavy (non-hydrogen) atoms. The van der Waals surface area contributed by atoms with Gasteiger partial charge in [0.15, 0.2) is 5.17 Å². The fourth-order valence-electron chi connectivity index (χ4n) is 3.81. The van der Waals surface area contributed by atoms with E-state index in [1.54, 1.807) is 11.8 Å². The average molecular weight is 364 g/mol. The van der Waals surface area contributed by atoms with Crippen LogP contribution >= 0.6 is 11.8 Å². The SMILES string of the molecule is Cn1c(CCc2cccc(C3(C)CCSC(N)=N3)c2)cc2ccccc21. The fourth-order valence-corrected chi connectivity index (χ4v) is 4.79. The lowest BCUT2D eigenvalue weighted by Crippen LogP contribution is -2.28. The van der Waals surface area contributed by atoms with Gasteiger partial charge in [-0.2, -0.15) is 0 Å². The van der Waals surface area contributed by atoms with Gasteiger partial charge >= 0.3 is 0 Å². The Kier molecular flexibility index (Phi) is 4.53. The zero-order valence-corrected chi connectivity index (χ0v) is 16.2. The molecule has 0 bridgehead atoms. The van der Waals surface area contributed by atoms with Crippen molar-refractivity contribution in [2.24, 2.45) is 17.8 Å². The molecule has 134 valence electrons. The molecule has 0 radical (unpaired) electrons. The molecule has 2 heterocycles. The second kappa shape index (κ2) is 6.84. The first kappa shape index (κ1) is 17.2. The quantitative estimate of drug-likeness (QED) is 0.734. The maximum absolute atomic E-state index is 5.98. The van der Waals surface area contributed by atoms with Crippen LogP contribution in [0.1, 0.15) is 30.2 Å². The summed E-state index contributed by atoms with van der Waals surface area (Å²) >= 11 is 1.66. The predicted molar refractivity (Wildman–Crippen MR) is 113 cm³/mol. The highest BCUT2D eigenvalue weighted by molar-refractivity contribution is 8.13. The van der Waals surface area contributed by atoms with Gasteiger partial charge in [0.05, 0.1) is 5.54 Å². The summed E-state index contributed by atoms with van der Waals surface area (Å²) in [5.41, 5.74) is 11.1. The van der Waals surface area contributed by atoms with E-state index in [-0.39, 0.29) is 5.54 Å². The standard InChI is InChI=1S/C22H25N3S/c1-22(12-13-26-21(23)24-22)18-8-5-6-16(14-18)10-11-19-15-17-7-3-4-9-20(17)25(19)2/h3-9,14-15H,10-13H2,1-2H3,(H2,23,24). The third-order valence-electron chi connectivity index (χ3n) is 5.47. The Bertz CT molecular complexity index is 972. The van der Waals surface area contributed by atoms with Crippen molar-refractivity contribution < 1.29 is 0 Å². The number of nitrogens with two attached hydrogens (primary N) is 1. The van der Waals surface area contributed by atoms with Gasteiger partial charge in [-0.25, -0.2) is 0 Å². The minimum absolute atomic E-state index is 0.189. The van der Waals surface area contributed by atoms with Crippen LogP contribution in [0.5, 0.6) is 0 Å². The smallest absolute Gasteiger partial charge is 0.154 e. The van der Waals surface area contributed by atoms with Crippen LogP contribution in [0.3, 0.4) is 0 Å². The molecule has 0 saturated heterocycles. The Morgan fingerprint density at radius 1 is 1.12 bits per heavy atom. The van der Waals surface area contributed by atoms with Crippen molar-refractivity contribution in [1.29, 1.82) is 0 Å². The minimum atomic E-state index is -0.189. The third kappa shape index (κ3) is 3.26. The lowest BCUT2D eigenvalue weighted by atomic mass is 9.88. The van der Waals surface area contributed by atoms with Gasteiger partial charge in [0.2, 0.25) is 0 Å². The lowest BCUT2D eigenvalue weighted by molar-refractivity contribution is 0.481. The molecule has 4 rings (SSSR count). The Labute approximate surface area is 159 Å². The highest BCUT2D eigenvalue weighted by atomic mass is 32.2. The molecule has 0 fully saturated rings. The molecule has 1 aliphatic heterocycles. The second-order valence-corrected chi connectivity index (χ2v) is 8.39. The van der Waals surface area contributed by atoms with Gasteiger partial charge in [0.25, 0.3) is 0 Å². The number of aryl methyl sites for hydroxylation is 3. The summed E-state index contributed by atoms with van der Waals surface area (Å²) in [6, 6.07) is 19.8. The minimum Gasteiger partial charge on any atom is -0.379 e. The van der Waals surface area contributed by atoms with E-state index in [4.69, 9.17) is 10.7 Å². The number of aromatic nitrogens is 1. The van der Waals surface area contributed by atoms with E-state index in [1.165, 1.54) is 27.7 Å². The van der Waals surface area contributed by atoms with Crippen LogP contribution in [0.2, 0.25) is 0 Å². The van der Waals surface area contributed by atoms with Crippen molar-refractivity contribution in [3.63, 3.8) is 0 Å². The predicted octanol–water partition coefficient (Wildman–Crippen LogP) is 4.63. The van der Waals surface area contributed by atoms with Gasteiger partial charge < -0.3 is 10.3 Å². The summed E-state index contributed by atoms with van der Waals surface area (Å²) in [4.78, 5) is 4.74. The number of para-hydroxylation sites is 1. The Morgan fingerprint density at radius 3 is 2.77 bits per heavy atom. The highest BCUT2D eigenvalue weighted by Crippen LogP contribution is 2.35. The van der Waals surface area contributed by atoms with Crippen molar-refractivity contribution in [3.8, 4) is 0 Å². The molecular formula is C22H25N3S.